The van der Waals surface area contributed by atoms with Gasteiger partial charge in [0.2, 0.25) is 0 Å². The first kappa shape index (κ1) is 18.0. The molecule has 2 rings (SSSR count). The van der Waals surface area contributed by atoms with Crippen molar-refractivity contribution in [3.63, 3.8) is 0 Å². The number of benzene rings is 1. The van der Waals surface area contributed by atoms with Crippen molar-refractivity contribution in [1.29, 1.82) is 0 Å². The summed E-state index contributed by atoms with van der Waals surface area (Å²) in [6.07, 6.45) is 4.00. The third-order valence-corrected chi connectivity index (χ3v) is 4.39. The van der Waals surface area contributed by atoms with Gasteiger partial charge >= 0.3 is 0 Å². The highest BCUT2D eigenvalue weighted by Gasteiger charge is 2.21. The first-order valence-corrected chi connectivity index (χ1v) is 8.54. The molecule has 0 aromatic heterocycles. The first-order valence-electron chi connectivity index (χ1n) is 8.16. The molecule has 1 amide bonds. The average molecular weight is 337 g/mol. The molecule has 0 bridgehead atoms. The molecule has 1 aliphatic heterocycles. The number of halogens is 1. The molecule has 1 aromatic carbocycles. The SMILES string of the molecule is C=CCCC(O)CN1CCCN(C(=O)c2ccc(Cl)cc2)CC1. The van der Waals surface area contributed by atoms with Crippen molar-refractivity contribution in [1.82, 2.24) is 9.80 Å². The second kappa shape index (κ2) is 9.06. The van der Waals surface area contributed by atoms with Crippen molar-refractivity contribution in [2.45, 2.75) is 25.4 Å². The Morgan fingerprint density at radius 3 is 2.70 bits per heavy atom. The van der Waals surface area contributed by atoms with E-state index in [1.54, 1.807) is 24.3 Å². The molecule has 1 unspecified atom stereocenters. The molecule has 1 heterocycles. The topological polar surface area (TPSA) is 43.8 Å². The minimum absolute atomic E-state index is 0.0516. The molecule has 0 spiro atoms. The largest absolute Gasteiger partial charge is 0.392 e. The van der Waals surface area contributed by atoms with Crippen LogP contribution in [-0.2, 0) is 0 Å². The second-order valence-electron chi connectivity index (χ2n) is 5.97. The Morgan fingerprint density at radius 1 is 1.26 bits per heavy atom. The number of rotatable bonds is 6. The van der Waals surface area contributed by atoms with Crippen molar-refractivity contribution in [3.8, 4) is 0 Å². The highest BCUT2D eigenvalue weighted by Crippen LogP contribution is 2.13. The quantitative estimate of drug-likeness (QED) is 0.812. The summed E-state index contributed by atoms with van der Waals surface area (Å²) < 4.78 is 0. The minimum Gasteiger partial charge on any atom is -0.392 e. The third-order valence-electron chi connectivity index (χ3n) is 4.14. The smallest absolute Gasteiger partial charge is 0.253 e. The summed E-state index contributed by atoms with van der Waals surface area (Å²) in [7, 11) is 0. The Labute approximate surface area is 143 Å². The molecule has 1 N–H and O–H groups in total. The lowest BCUT2D eigenvalue weighted by atomic mass is 10.2. The van der Waals surface area contributed by atoms with Crippen LogP contribution in [0.25, 0.3) is 0 Å². The van der Waals surface area contributed by atoms with Crippen LogP contribution in [-0.4, -0.2) is 59.6 Å². The average Bonchev–Trinajstić information content (AvgIpc) is 2.78. The van der Waals surface area contributed by atoms with Crippen LogP contribution in [0.15, 0.2) is 36.9 Å². The van der Waals surface area contributed by atoms with E-state index in [1.165, 1.54) is 0 Å². The zero-order valence-electron chi connectivity index (χ0n) is 13.5. The number of β-amino-alcohol motifs (C(OH)–C–C–N with tert-alkyl or cyclic N) is 1. The molecular weight excluding hydrogens is 312 g/mol. The number of aliphatic hydroxyl groups excluding tert-OH is 1. The summed E-state index contributed by atoms with van der Waals surface area (Å²) in [5, 5.41) is 10.7. The monoisotopic (exact) mass is 336 g/mol. The molecule has 1 saturated heterocycles. The molecule has 1 aromatic rings. The van der Waals surface area contributed by atoms with Gasteiger partial charge in [-0.2, -0.15) is 0 Å². The fourth-order valence-corrected chi connectivity index (χ4v) is 2.96. The molecule has 0 aliphatic carbocycles. The van der Waals surface area contributed by atoms with E-state index in [0.717, 1.165) is 38.9 Å². The lowest BCUT2D eigenvalue weighted by Gasteiger charge is -2.24. The van der Waals surface area contributed by atoms with Crippen LogP contribution < -0.4 is 0 Å². The Bertz CT molecular complexity index is 518. The third kappa shape index (κ3) is 5.65. The number of amides is 1. The van der Waals surface area contributed by atoms with Gasteiger partial charge < -0.3 is 10.0 Å². The number of nitrogens with zero attached hydrogens (tertiary/aromatic N) is 2. The number of aliphatic hydroxyl groups is 1. The van der Waals surface area contributed by atoms with Crippen molar-refractivity contribution >= 4 is 17.5 Å². The number of hydrogen-bond donors (Lipinski definition) is 1. The maximum atomic E-state index is 12.5. The van der Waals surface area contributed by atoms with Crippen LogP contribution in [0.4, 0.5) is 0 Å². The predicted octanol–water partition coefficient (Wildman–Crippen LogP) is 2.82. The molecular formula is C18H25ClN2O2. The van der Waals surface area contributed by atoms with E-state index in [1.807, 2.05) is 11.0 Å². The van der Waals surface area contributed by atoms with E-state index in [0.29, 0.717) is 23.7 Å². The zero-order chi connectivity index (χ0) is 16.7. The fourth-order valence-electron chi connectivity index (χ4n) is 2.83. The molecule has 23 heavy (non-hydrogen) atoms. The van der Waals surface area contributed by atoms with Crippen LogP contribution in [0.2, 0.25) is 5.02 Å². The second-order valence-corrected chi connectivity index (χ2v) is 6.41. The number of carbonyl (C=O) groups is 1. The summed E-state index contributed by atoms with van der Waals surface area (Å²) >= 11 is 5.87. The van der Waals surface area contributed by atoms with Gasteiger partial charge in [0.25, 0.3) is 5.91 Å². The maximum absolute atomic E-state index is 12.5. The van der Waals surface area contributed by atoms with Gasteiger partial charge in [0.05, 0.1) is 6.10 Å². The molecule has 4 nitrogen and oxygen atoms in total. The highest BCUT2D eigenvalue weighted by atomic mass is 35.5. The standard InChI is InChI=1S/C18H25ClN2O2/c1-2-3-5-17(22)14-20-10-4-11-21(13-12-20)18(23)15-6-8-16(19)9-7-15/h2,6-9,17,22H,1,3-5,10-14H2. The molecule has 5 heteroatoms. The van der Waals surface area contributed by atoms with Gasteiger partial charge in [0.15, 0.2) is 0 Å². The Kier molecular flexibility index (Phi) is 7.09. The zero-order valence-corrected chi connectivity index (χ0v) is 14.2. The van der Waals surface area contributed by atoms with Gasteiger partial charge in [-0.1, -0.05) is 17.7 Å². The summed E-state index contributed by atoms with van der Waals surface area (Å²) in [6.45, 7) is 7.49. The van der Waals surface area contributed by atoms with E-state index in [9.17, 15) is 9.90 Å². The lowest BCUT2D eigenvalue weighted by Crippen LogP contribution is -2.37. The van der Waals surface area contributed by atoms with Crippen LogP contribution >= 0.6 is 11.6 Å². The van der Waals surface area contributed by atoms with Crippen molar-refractivity contribution in [2.75, 3.05) is 32.7 Å². The maximum Gasteiger partial charge on any atom is 0.253 e. The van der Waals surface area contributed by atoms with Crippen molar-refractivity contribution in [2.24, 2.45) is 0 Å². The Hall–Kier alpha value is -1.36. The first-order chi connectivity index (χ1) is 11.1. The predicted molar refractivity (Wildman–Crippen MR) is 93.9 cm³/mol. The van der Waals surface area contributed by atoms with E-state index >= 15 is 0 Å². The summed E-state index contributed by atoms with van der Waals surface area (Å²) in [5.74, 6) is 0.0516. The molecule has 1 fully saturated rings. The minimum atomic E-state index is -0.327. The van der Waals surface area contributed by atoms with E-state index in [-0.39, 0.29) is 12.0 Å². The van der Waals surface area contributed by atoms with Crippen LogP contribution in [0, 0.1) is 0 Å². The van der Waals surface area contributed by atoms with E-state index in [2.05, 4.69) is 11.5 Å². The molecule has 0 radical (unpaired) electrons. The van der Waals surface area contributed by atoms with Gasteiger partial charge in [-0.05, 0) is 50.1 Å². The lowest BCUT2D eigenvalue weighted by molar-refractivity contribution is 0.0753. The molecule has 1 atom stereocenters. The summed E-state index contributed by atoms with van der Waals surface area (Å²) in [4.78, 5) is 16.7. The van der Waals surface area contributed by atoms with Gasteiger partial charge in [-0.3, -0.25) is 9.69 Å². The Morgan fingerprint density at radius 2 is 2.00 bits per heavy atom. The van der Waals surface area contributed by atoms with Crippen LogP contribution in [0.1, 0.15) is 29.6 Å². The van der Waals surface area contributed by atoms with Gasteiger partial charge in [0, 0.05) is 36.8 Å². The van der Waals surface area contributed by atoms with Crippen molar-refractivity contribution < 1.29 is 9.90 Å². The highest BCUT2D eigenvalue weighted by molar-refractivity contribution is 6.30. The van der Waals surface area contributed by atoms with Crippen LogP contribution in [0.3, 0.4) is 0 Å². The molecule has 0 saturated carbocycles. The number of carbonyl (C=O) groups excluding carboxylic acids is 1. The summed E-state index contributed by atoms with van der Waals surface area (Å²) in [6, 6.07) is 7.03. The van der Waals surface area contributed by atoms with Gasteiger partial charge in [-0.25, -0.2) is 0 Å². The van der Waals surface area contributed by atoms with Crippen LogP contribution in [0.5, 0.6) is 0 Å². The Balaban J connectivity index is 1.86. The molecule has 126 valence electrons. The van der Waals surface area contributed by atoms with E-state index in [4.69, 9.17) is 11.6 Å². The van der Waals surface area contributed by atoms with E-state index < -0.39 is 0 Å². The number of hydrogen-bond acceptors (Lipinski definition) is 3. The van der Waals surface area contributed by atoms with Gasteiger partial charge in [0.1, 0.15) is 0 Å². The fraction of sp³-hybridized carbons (Fsp3) is 0.500. The summed E-state index contributed by atoms with van der Waals surface area (Å²) in [5.41, 5.74) is 0.675. The molecule has 1 aliphatic rings. The van der Waals surface area contributed by atoms with Gasteiger partial charge in [-0.15, -0.1) is 6.58 Å². The number of allylic oxidation sites excluding steroid dienone is 1. The van der Waals surface area contributed by atoms with Crippen molar-refractivity contribution in [3.05, 3.63) is 47.5 Å². The normalized spacial score (nSPS) is 17.6.